The molecule has 5 rings (SSSR count). The minimum atomic E-state index is -0.501. The third-order valence-corrected chi connectivity index (χ3v) is 6.25. The van der Waals surface area contributed by atoms with Crippen molar-refractivity contribution in [2.75, 3.05) is 33.4 Å². The summed E-state index contributed by atoms with van der Waals surface area (Å²) in [5.74, 6) is 0.207. The van der Waals surface area contributed by atoms with Crippen molar-refractivity contribution in [1.29, 1.82) is 0 Å². The fourth-order valence-corrected chi connectivity index (χ4v) is 4.31. The van der Waals surface area contributed by atoms with Crippen LogP contribution in [0.2, 0.25) is 0 Å². The molecule has 1 aliphatic heterocycles. The largest absolute Gasteiger partial charge is 0.488 e. The third kappa shape index (κ3) is 4.15. The first-order valence-electron chi connectivity index (χ1n) is 11.1. The van der Waals surface area contributed by atoms with E-state index in [0.717, 1.165) is 25.1 Å². The topological polar surface area (TPSA) is 90.8 Å². The molecule has 4 heterocycles. The van der Waals surface area contributed by atoms with Crippen LogP contribution in [0, 0.1) is 5.82 Å². The highest BCUT2D eigenvalue weighted by molar-refractivity contribution is 5.83. The number of likely N-dealkylation sites (tertiary alicyclic amines) is 1. The molecule has 172 valence electrons. The van der Waals surface area contributed by atoms with Gasteiger partial charge in [-0.25, -0.2) is 9.37 Å². The van der Waals surface area contributed by atoms with Crippen molar-refractivity contribution in [1.82, 2.24) is 24.5 Å². The second kappa shape index (κ2) is 9.01. The smallest absolute Gasteiger partial charge is 0.191 e. The standard InChI is InChI=1S/C24H27FN6O2/c1-15(30-10-9-18(26)14-30)17-5-8-21-28-29-24(31(21)13-17)19-6-3-16-4-7-20(33-12-11-32-2)22(25)23(16)27-19/h3-8,13,15,18H,9-12,14,26H2,1-2H3/t15-,18-/m0/s1. The van der Waals surface area contributed by atoms with Gasteiger partial charge in [0.25, 0.3) is 0 Å². The highest BCUT2D eigenvalue weighted by atomic mass is 19.1. The van der Waals surface area contributed by atoms with Crippen LogP contribution in [-0.4, -0.2) is 63.9 Å². The maximum atomic E-state index is 15.1. The predicted molar refractivity (Wildman–Crippen MR) is 124 cm³/mol. The summed E-state index contributed by atoms with van der Waals surface area (Å²) in [4.78, 5) is 6.96. The molecule has 0 saturated carbocycles. The van der Waals surface area contributed by atoms with Crippen molar-refractivity contribution in [2.24, 2.45) is 5.73 Å². The minimum absolute atomic E-state index is 0.148. The molecule has 1 fully saturated rings. The van der Waals surface area contributed by atoms with E-state index in [1.807, 2.05) is 28.8 Å². The highest BCUT2D eigenvalue weighted by Crippen LogP contribution is 2.29. The lowest BCUT2D eigenvalue weighted by atomic mass is 10.1. The van der Waals surface area contributed by atoms with Crippen molar-refractivity contribution in [3.8, 4) is 17.3 Å². The summed E-state index contributed by atoms with van der Waals surface area (Å²) in [6.45, 7) is 4.68. The molecular formula is C24H27FN6O2. The Morgan fingerprint density at radius 3 is 2.79 bits per heavy atom. The lowest BCUT2D eigenvalue weighted by Gasteiger charge is -2.24. The number of ether oxygens (including phenoxy) is 2. The molecule has 0 spiro atoms. The first kappa shape index (κ1) is 21.7. The van der Waals surface area contributed by atoms with Gasteiger partial charge >= 0.3 is 0 Å². The molecule has 4 aromatic rings. The van der Waals surface area contributed by atoms with Crippen LogP contribution in [0.25, 0.3) is 28.1 Å². The van der Waals surface area contributed by atoms with E-state index in [2.05, 4.69) is 33.1 Å². The van der Waals surface area contributed by atoms with Gasteiger partial charge in [0.15, 0.2) is 23.0 Å². The molecule has 2 atom stereocenters. The third-order valence-electron chi connectivity index (χ3n) is 6.25. The second-order valence-electron chi connectivity index (χ2n) is 8.42. The van der Waals surface area contributed by atoms with Gasteiger partial charge in [0.2, 0.25) is 0 Å². The average molecular weight is 451 g/mol. The minimum Gasteiger partial charge on any atom is -0.488 e. The Hall–Kier alpha value is -3.14. The summed E-state index contributed by atoms with van der Waals surface area (Å²) in [5.41, 5.74) is 8.71. The molecule has 3 aromatic heterocycles. The Morgan fingerprint density at radius 1 is 1.15 bits per heavy atom. The summed E-state index contributed by atoms with van der Waals surface area (Å²) < 4.78 is 27.5. The molecule has 0 aliphatic carbocycles. The van der Waals surface area contributed by atoms with Gasteiger partial charge in [-0.3, -0.25) is 9.30 Å². The maximum Gasteiger partial charge on any atom is 0.191 e. The van der Waals surface area contributed by atoms with Gasteiger partial charge in [-0.2, -0.15) is 0 Å². The number of methoxy groups -OCH3 is 1. The second-order valence-corrected chi connectivity index (χ2v) is 8.42. The highest BCUT2D eigenvalue weighted by Gasteiger charge is 2.25. The van der Waals surface area contributed by atoms with Crippen LogP contribution in [0.5, 0.6) is 5.75 Å². The quantitative estimate of drug-likeness (QED) is 0.433. The number of rotatable bonds is 7. The first-order chi connectivity index (χ1) is 16.0. The van der Waals surface area contributed by atoms with E-state index in [1.54, 1.807) is 19.2 Å². The average Bonchev–Trinajstić information content (AvgIpc) is 3.46. The van der Waals surface area contributed by atoms with Gasteiger partial charge in [-0.05, 0) is 43.2 Å². The zero-order valence-electron chi connectivity index (χ0n) is 18.7. The Labute approximate surface area is 191 Å². The number of nitrogens with two attached hydrogens (primary N) is 1. The van der Waals surface area contributed by atoms with Crippen LogP contribution in [0.1, 0.15) is 24.9 Å². The van der Waals surface area contributed by atoms with Crippen LogP contribution < -0.4 is 10.5 Å². The van der Waals surface area contributed by atoms with Gasteiger partial charge in [-0.1, -0.05) is 12.1 Å². The number of benzene rings is 1. The zero-order chi connectivity index (χ0) is 22.9. The Balaban J connectivity index is 1.51. The summed E-state index contributed by atoms with van der Waals surface area (Å²) >= 11 is 0. The van der Waals surface area contributed by atoms with Gasteiger partial charge in [0.1, 0.15) is 17.8 Å². The SMILES string of the molecule is COCCOc1ccc2ccc(-c3nnc4ccc([C@H](C)N5CC[C@H](N)C5)cn34)nc2c1F. The zero-order valence-corrected chi connectivity index (χ0v) is 18.7. The molecule has 33 heavy (non-hydrogen) atoms. The lowest BCUT2D eigenvalue weighted by molar-refractivity contribution is 0.144. The number of pyridine rings is 2. The molecule has 1 aliphatic rings. The number of hydrogen-bond acceptors (Lipinski definition) is 7. The Bertz CT molecular complexity index is 1290. The predicted octanol–water partition coefficient (Wildman–Crippen LogP) is 3.20. The van der Waals surface area contributed by atoms with Crippen LogP contribution in [0.15, 0.2) is 42.6 Å². The van der Waals surface area contributed by atoms with E-state index in [0.29, 0.717) is 29.2 Å². The molecule has 0 amide bonds. The summed E-state index contributed by atoms with van der Waals surface area (Å²) in [5, 5.41) is 9.31. The van der Waals surface area contributed by atoms with E-state index in [4.69, 9.17) is 15.2 Å². The fourth-order valence-electron chi connectivity index (χ4n) is 4.31. The molecule has 1 aromatic carbocycles. The van der Waals surface area contributed by atoms with Gasteiger partial charge in [0.05, 0.1) is 6.61 Å². The van der Waals surface area contributed by atoms with Gasteiger partial charge in [0, 0.05) is 43.9 Å². The summed E-state index contributed by atoms with van der Waals surface area (Å²) in [7, 11) is 1.57. The van der Waals surface area contributed by atoms with E-state index in [1.165, 1.54) is 0 Å². The molecule has 9 heteroatoms. The monoisotopic (exact) mass is 450 g/mol. The van der Waals surface area contributed by atoms with Gasteiger partial charge < -0.3 is 15.2 Å². The number of hydrogen-bond donors (Lipinski definition) is 1. The van der Waals surface area contributed by atoms with Crippen molar-refractivity contribution in [3.63, 3.8) is 0 Å². The number of halogens is 1. The fraction of sp³-hybridized carbons (Fsp3) is 0.375. The van der Waals surface area contributed by atoms with E-state index < -0.39 is 5.82 Å². The first-order valence-corrected chi connectivity index (χ1v) is 11.1. The van der Waals surface area contributed by atoms with Crippen LogP contribution in [0.3, 0.4) is 0 Å². The van der Waals surface area contributed by atoms with Crippen molar-refractivity contribution < 1.29 is 13.9 Å². The van der Waals surface area contributed by atoms with E-state index in [-0.39, 0.29) is 30.0 Å². The number of nitrogens with zero attached hydrogens (tertiary/aromatic N) is 5. The molecular weight excluding hydrogens is 423 g/mol. The molecule has 0 bridgehead atoms. The van der Waals surface area contributed by atoms with Crippen LogP contribution in [0.4, 0.5) is 4.39 Å². The van der Waals surface area contributed by atoms with Crippen molar-refractivity contribution in [3.05, 3.63) is 54.0 Å². The van der Waals surface area contributed by atoms with Crippen LogP contribution in [-0.2, 0) is 4.74 Å². The Morgan fingerprint density at radius 2 is 2.00 bits per heavy atom. The van der Waals surface area contributed by atoms with Gasteiger partial charge in [-0.15, -0.1) is 10.2 Å². The number of aromatic nitrogens is 4. The molecule has 1 saturated heterocycles. The normalized spacial score (nSPS) is 17.8. The van der Waals surface area contributed by atoms with Crippen molar-refractivity contribution in [2.45, 2.75) is 25.4 Å². The van der Waals surface area contributed by atoms with E-state index >= 15 is 4.39 Å². The maximum absolute atomic E-state index is 15.1. The lowest BCUT2D eigenvalue weighted by Crippen LogP contribution is -2.28. The summed E-state index contributed by atoms with van der Waals surface area (Å²) in [6, 6.07) is 11.5. The Kier molecular flexibility index (Phi) is 5.92. The molecule has 8 nitrogen and oxygen atoms in total. The number of fused-ring (bicyclic) bond motifs is 2. The summed E-state index contributed by atoms with van der Waals surface area (Å²) in [6.07, 6.45) is 3.04. The molecule has 0 unspecified atom stereocenters. The van der Waals surface area contributed by atoms with Crippen molar-refractivity contribution >= 4 is 16.6 Å². The van der Waals surface area contributed by atoms with Crippen LogP contribution >= 0.6 is 0 Å². The molecule has 0 radical (unpaired) electrons. The van der Waals surface area contributed by atoms with E-state index in [9.17, 15) is 0 Å². The molecule has 2 N–H and O–H groups in total.